The standard InChI is InChI=1S/C22H44O/c1-5-7-8-9-10-11-12-13-14-15-16-17-19-21(20(3)4)22(23)18-6-2/h20-21H,5-19H2,1-4H3. The summed E-state index contributed by atoms with van der Waals surface area (Å²) in [5.41, 5.74) is 0. The molecule has 1 heteroatoms. The van der Waals surface area contributed by atoms with Crippen LogP contribution in [0.2, 0.25) is 0 Å². The van der Waals surface area contributed by atoms with Gasteiger partial charge in [0, 0.05) is 12.3 Å². The van der Waals surface area contributed by atoms with Crippen molar-refractivity contribution in [3.05, 3.63) is 0 Å². The van der Waals surface area contributed by atoms with Crippen molar-refractivity contribution in [2.75, 3.05) is 0 Å². The molecule has 0 bridgehead atoms. The molecular formula is C22H44O. The fourth-order valence-corrected chi connectivity index (χ4v) is 3.50. The lowest BCUT2D eigenvalue weighted by Gasteiger charge is -2.19. The Hall–Kier alpha value is -0.330. The molecule has 0 aromatic carbocycles. The van der Waals surface area contributed by atoms with Crippen LogP contribution < -0.4 is 0 Å². The minimum Gasteiger partial charge on any atom is -0.299 e. The van der Waals surface area contributed by atoms with E-state index >= 15 is 0 Å². The summed E-state index contributed by atoms with van der Waals surface area (Å²) < 4.78 is 0. The summed E-state index contributed by atoms with van der Waals surface area (Å²) in [5, 5.41) is 0. The second-order valence-electron chi connectivity index (χ2n) is 7.74. The summed E-state index contributed by atoms with van der Waals surface area (Å²) >= 11 is 0. The summed E-state index contributed by atoms with van der Waals surface area (Å²) in [6.45, 7) is 8.81. The molecule has 0 aliphatic carbocycles. The molecule has 0 radical (unpaired) electrons. The van der Waals surface area contributed by atoms with Gasteiger partial charge in [-0.1, -0.05) is 105 Å². The molecule has 1 nitrogen and oxygen atoms in total. The third kappa shape index (κ3) is 13.8. The minimum absolute atomic E-state index is 0.318. The van der Waals surface area contributed by atoms with Crippen LogP contribution in [0.3, 0.4) is 0 Å². The van der Waals surface area contributed by atoms with Gasteiger partial charge in [-0.25, -0.2) is 0 Å². The van der Waals surface area contributed by atoms with Gasteiger partial charge in [0.25, 0.3) is 0 Å². The fraction of sp³-hybridized carbons (Fsp3) is 0.955. The van der Waals surface area contributed by atoms with Crippen molar-refractivity contribution in [3.63, 3.8) is 0 Å². The zero-order valence-electron chi connectivity index (χ0n) is 16.7. The summed E-state index contributed by atoms with van der Waals surface area (Å²) in [6, 6.07) is 0. The number of ketones is 1. The number of hydrogen-bond acceptors (Lipinski definition) is 1. The van der Waals surface area contributed by atoms with Gasteiger partial charge in [-0.05, 0) is 18.8 Å². The number of Topliss-reactive ketones (excluding diaryl/α,β-unsaturated/α-hetero) is 1. The Morgan fingerprint density at radius 2 is 1.09 bits per heavy atom. The number of hydrogen-bond donors (Lipinski definition) is 0. The first-order chi connectivity index (χ1) is 11.1. The van der Waals surface area contributed by atoms with E-state index < -0.39 is 0 Å². The number of rotatable bonds is 17. The second kappa shape index (κ2) is 16.5. The molecule has 0 saturated carbocycles. The van der Waals surface area contributed by atoms with Crippen LogP contribution in [-0.4, -0.2) is 5.78 Å². The van der Waals surface area contributed by atoms with E-state index in [2.05, 4.69) is 27.7 Å². The summed E-state index contributed by atoms with van der Waals surface area (Å²) in [4.78, 5) is 12.1. The van der Waals surface area contributed by atoms with E-state index in [1.807, 2.05) is 0 Å². The van der Waals surface area contributed by atoms with Gasteiger partial charge < -0.3 is 0 Å². The molecule has 138 valence electrons. The van der Waals surface area contributed by atoms with Crippen LogP contribution in [0, 0.1) is 11.8 Å². The molecule has 0 saturated heterocycles. The Balaban J connectivity index is 3.44. The molecular weight excluding hydrogens is 280 g/mol. The van der Waals surface area contributed by atoms with Gasteiger partial charge in [-0.3, -0.25) is 4.79 Å². The summed E-state index contributed by atoms with van der Waals surface area (Å²) in [5.74, 6) is 1.34. The van der Waals surface area contributed by atoms with E-state index in [1.54, 1.807) is 0 Å². The van der Waals surface area contributed by atoms with Crippen LogP contribution in [0.1, 0.15) is 124 Å². The zero-order valence-corrected chi connectivity index (χ0v) is 16.7. The molecule has 0 heterocycles. The fourth-order valence-electron chi connectivity index (χ4n) is 3.50. The molecule has 0 aliphatic rings. The third-order valence-corrected chi connectivity index (χ3v) is 5.08. The Morgan fingerprint density at radius 1 is 0.652 bits per heavy atom. The van der Waals surface area contributed by atoms with Gasteiger partial charge in [0.15, 0.2) is 0 Å². The van der Waals surface area contributed by atoms with Crippen LogP contribution >= 0.6 is 0 Å². The van der Waals surface area contributed by atoms with Crippen molar-refractivity contribution in [3.8, 4) is 0 Å². The largest absolute Gasteiger partial charge is 0.299 e. The smallest absolute Gasteiger partial charge is 0.136 e. The van der Waals surface area contributed by atoms with Crippen LogP contribution in [0.25, 0.3) is 0 Å². The lowest BCUT2D eigenvalue weighted by molar-refractivity contribution is -0.124. The SMILES string of the molecule is CCCCCCCCCCCCCCC(C(=O)CCC)C(C)C. The van der Waals surface area contributed by atoms with Gasteiger partial charge in [0.1, 0.15) is 5.78 Å². The lowest BCUT2D eigenvalue weighted by Crippen LogP contribution is -2.20. The number of carbonyl (C=O) groups excluding carboxylic acids is 1. The molecule has 0 aliphatic heterocycles. The molecule has 0 N–H and O–H groups in total. The Bertz CT molecular complexity index is 257. The predicted octanol–water partition coefficient (Wildman–Crippen LogP) is 7.72. The highest BCUT2D eigenvalue weighted by molar-refractivity contribution is 5.81. The predicted molar refractivity (Wildman–Crippen MR) is 104 cm³/mol. The van der Waals surface area contributed by atoms with E-state index in [4.69, 9.17) is 0 Å². The van der Waals surface area contributed by atoms with E-state index in [0.717, 1.165) is 19.3 Å². The average molecular weight is 325 g/mol. The Kier molecular flexibility index (Phi) is 16.3. The summed E-state index contributed by atoms with van der Waals surface area (Å²) in [7, 11) is 0. The molecule has 1 unspecified atom stereocenters. The zero-order chi connectivity index (χ0) is 17.3. The van der Waals surface area contributed by atoms with Crippen molar-refractivity contribution in [1.82, 2.24) is 0 Å². The first-order valence-electron chi connectivity index (χ1n) is 10.7. The highest BCUT2D eigenvalue weighted by atomic mass is 16.1. The van der Waals surface area contributed by atoms with Gasteiger partial charge in [0.2, 0.25) is 0 Å². The van der Waals surface area contributed by atoms with Gasteiger partial charge in [0.05, 0.1) is 0 Å². The molecule has 23 heavy (non-hydrogen) atoms. The highest BCUT2D eigenvalue weighted by Crippen LogP contribution is 2.22. The first kappa shape index (κ1) is 22.7. The van der Waals surface area contributed by atoms with E-state index in [-0.39, 0.29) is 0 Å². The van der Waals surface area contributed by atoms with Crippen molar-refractivity contribution in [2.24, 2.45) is 11.8 Å². The van der Waals surface area contributed by atoms with Crippen molar-refractivity contribution < 1.29 is 4.79 Å². The molecule has 0 aromatic heterocycles. The highest BCUT2D eigenvalue weighted by Gasteiger charge is 2.20. The van der Waals surface area contributed by atoms with Crippen molar-refractivity contribution in [2.45, 2.75) is 124 Å². The van der Waals surface area contributed by atoms with Gasteiger partial charge in [-0.2, -0.15) is 0 Å². The molecule has 0 aromatic rings. The molecule has 0 amide bonds. The normalized spacial score (nSPS) is 12.7. The summed E-state index contributed by atoms with van der Waals surface area (Å²) in [6.07, 6.45) is 19.6. The van der Waals surface area contributed by atoms with E-state index in [1.165, 1.54) is 77.0 Å². The lowest BCUT2D eigenvalue weighted by atomic mass is 9.85. The number of unbranched alkanes of at least 4 members (excludes halogenated alkanes) is 11. The van der Waals surface area contributed by atoms with E-state index in [9.17, 15) is 4.79 Å². The van der Waals surface area contributed by atoms with Crippen molar-refractivity contribution >= 4 is 5.78 Å². The molecule has 0 rings (SSSR count). The topological polar surface area (TPSA) is 17.1 Å². The Morgan fingerprint density at radius 3 is 1.48 bits per heavy atom. The minimum atomic E-state index is 0.318. The van der Waals surface area contributed by atoms with Crippen LogP contribution in [0.4, 0.5) is 0 Å². The average Bonchev–Trinajstić information content (AvgIpc) is 2.51. The van der Waals surface area contributed by atoms with Crippen molar-refractivity contribution in [1.29, 1.82) is 0 Å². The van der Waals surface area contributed by atoms with Gasteiger partial charge >= 0.3 is 0 Å². The van der Waals surface area contributed by atoms with E-state index in [0.29, 0.717) is 17.6 Å². The maximum atomic E-state index is 12.1. The monoisotopic (exact) mass is 324 g/mol. The van der Waals surface area contributed by atoms with Crippen LogP contribution in [0.5, 0.6) is 0 Å². The first-order valence-corrected chi connectivity index (χ1v) is 10.7. The molecule has 0 spiro atoms. The molecule has 0 fully saturated rings. The maximum absolute atomic E-state index is 12.1. The van der Waals surface area contributed by atoms with Gasteiger partial charge in [-0.15, -0.1) is 0 Å². The maximum Gasteiger partial charge on any atom is 0.136 e. The number of carbonyl (C=O) groups is 1. The van der Waals surface area contributed by atoms with Crippen LogP contribution in [-0.2, 0) is 4.79 Å². The molecule has 1 atom stereocenters. The Labute approximate surface area is 147 Å². The third-order valence-electron chi connectivity index (χ3n) is 5.08. The van der Waals surface area contributed by atoms with Crippen LogP contribution in [0.15, 0.2) is 0 Å². The quantitative estimate of drug-likeness (QED) is 0.250. The second-order valence-corrected chi connectivity index (χ2v) is 7.74.